The number of hydrogen-bond acceptors (Lipinski definition) is 4. The Kier molecular flexibility index (Phi) is 5.26. The lowest BCUT2D eigenvalue weighted by molar-refractivity contribution is 0.313. The second-order valence-corrected chi connectivity index (χ2v) is 8.51. The molecule has 0 spiro atoms. The van der Waals surface area contributed by atoms with Crippen molar-refractivity contribution in [2.75, 3.05) is 38.1 Å². The molecule has 142 valence electrons. The first-order chi connectivity index (χ1) is 13.0. The number of benzene rings is 1. The summed E-state index contributed by atoms with van der Waals surface area (Å²) in [5.41, 5.74) is 5.91. The fraction of sp³-hybridized carbons (Fsp3) is 0.381. The fourth-order valence-electron chi connectivity index (χ4n) is 3.63. The van der Waals surface area contributed by atoms with Crippen LogP contribution in [-0.4, -0.2) is 47.7 Å². The van der Waals surface area contributed by atoms with E-state index in [9.17, 15) is 0 Å². The van der Waals surface area contributed by atoms with E-state index in [1.54, 1.807) is 11.3 Å². The average Bonchev–Trinajstić information content (AvgIpc) is 3.24. The Morgan fingerprint density at radius 1 is 1.11 bits per heavy atom. The van der Waals surface area contributed by atoms with Crippen LogP contribution >= 0.6 is 22.9 Å². The van der Waals surface area contributed by atoms with Crippen LogP contribution in [0.1, 0.15) is 17.0 Å². The number of nitrogens with zero attached hydrogens (tertiary/aromatic N) is 4. The van der Waals surface area contributed by atoms with E-state index in [2.05, 4.69) is 52.8 Å². The molecule has 1 aliphatic heterocycles. The third kappa shape index (κ3) is 3.77. The first-order valence-corrected chi connectivity index (χ1v) is 10.6. The van der Waals surface area contributed by atoms with Gasteiger partial charge in [-0.15, -0.1) is 11.3 Å². The van der Waals surface area contributed by atoms with Crippen molar-refractivity contribution < 1.29 is 0 Å². The normalized spacial score (nSPS) is 15.5. The van der Waals surface area contributed by atoms with Crippen LogP contribution in [0.3, 0.4) is 0 Å². The van der Waals surface area contributed by atoms with Crippen LogP contribution in [0.25, 0.3) is 11.3 Å². The number of piperazine rings is 1. The molecule has 0 aliphatic carbocycles. The molecule has 27 heavy (non-hydrogen) atoms. The average molecular weight is 401 g/mol. The molecule has 0 radical (unpaired) electrons. The van der Waals surface area contributed by atoms with Crippen LogP contribution in [0.15, 0.2) is 35.7 Å². The third-order valence-corrected chi connectivity index (χ3v) is 6.67. The number of aryl methyl sites for hydroxylation is 1. The molecule has 2 aromatic heterocycles. The Labute approximate surface area is 170 Å². The molecule has 4 rings (SSSR count). The molecular formula is C21H25ClN4S. The van der Waals surface area contributed by atoms with E-state index in [4.69, 9.17) is 16.6 Å². The summed E-state index contributed by atoms with van der Waals surface area (Å²) in [6.07, 6.45) is 0. The molecule has 1 aliphatic rings. The van der Waals surface area contributed by atoms with Gasteiger partial charge in [0.25, 0.3) is 0 Å². The summed E-state index contributed by atoms with van der Waals surface area (Å²) in [5.74, 6) is 0. The first-order valence-electron chi connectivity index (χ1n) is 9.32. The Morgan fingerprint density at radius 3 is 2.59 bits per heavy atom. The van der Waals surface area contributed by atoms with E-state index in [1.807, 2.05) is 18.2 Å². The molecule has 1 aromatic carbocycles. The molecule has 4 nitrogen and oxygen atoms in total. The summed E-state index contributed by atoms with van der Waals surface area (Å²) in [5, 5.41) is 4.14. The molecule has 0 bridgehead atoms. The number of anilines is 1. The predicted octanol–water partition coefficient (Wildman–Crippen LogP) is 4.68. The Hall–Kier alpha value is -1.82. The van der Waals surface area contributed by atoms with Gasteiger partial charge >= 0.3 is 0 Å². The fourth-order valence-corrected chi connectivity index (χ4v) is 4.71. The summed E-state index contributed by atoms with van der Waals surface area (Å²) in [6, 6.07) is 10.3. The van der Waals surface area contributed by atoms with Gasteiger partial charge in [-0.1, -0.05) is 29.8 Å². The van der Waals surface area contributed by atoms with Crippen LogP contribution in [0.2, 0.25) is 5.02 Å². The zero-order chi connectivity index (χ0) is 19.0. The number of rotatable bonds is 4. The SMILES string of the molecule is Cc1cc(-c2csc(N3CCN(C)CC3)n2)c(C)n1Cc1ccccc1Cl. The molecule has 0 N–H and O–H groups in total. The first kappa shape index (κ1) is 18.5. The zero-order valence-corrected chi connectivity index (χ0v) is 17.6. The summed E-state index contributed by atoms with van der Waals surface area (Å²) in [4.78, 5) is 9.72. The molecule has 0 saturated carbocycles. The highest BCUT2D eigenvalue weighted by atomic mass is 35.5. The maximum Gasteiger partial charge on any atom is 0.185 e. The lowest BCUT2D eigenvalue weighted by atomic mass is 10.2. The van der Waals surface area contributed by atoms with E-state index in [0.717, 1.165) is 54.1 Å². The lowest BCUT2D eigenvalue weighted by Crippen LogP contribution is -2.44. The second kappa shape index (κ2) is 7.66. The minimum atomic E-state index is 0.785. The van der Waals surface area contributed by atoms with Gasteiger partial charge < -0.3 is 14.4 Å². The molecule has 3 aromatic rings. The van der Waals surface area contributed by atoms with Crippen molar-refractivity contribution >= 4 is 28.1 Å². The maximum atomic E-state index is 6.37. The van der Waals surface area contributed by atoms with E-state index >= 15 is 0 Å². The van der Waals surface area contributed by atoms with Crippen LogP contribution in [-0.2, 0) is 6.54 Å². The lowest BCUT2D eigenvalue weighted by Gasteiger charge is -2.32. The van der Waals surface area contributed by atoms with Crippen LogP contribution < -0.4 is 4.90 Å². The Balaban J connectivity index is 1.59. The number of likely N-dealkylation sites (N-methyl/N-ethyl adjacent to an activating group) is 1. The maximum absolute atomic E-state index is 6.37. The van der Waals surface area contributed by atoms with Crippen LogP contribution in [0, 0.1) is 13.8 Å². The topological polar surface area (TPSA) is 24.3 Å². The van der Waals surface area contributed by atoms with Crippen molar-refractivity contribution in [3.05, 3.63) is 57.7 Å². The molecule has 3 heterocycles. The number of hydrogen-bond donors (Lipinski definition) is 0. The van der Waals surface area contributed by atoms with Gasteiger partial charge in [-0.2, -0.15) is 0 Å². The highest BCUT2D eigenvalue weighted by molar-refractivity contribution is 7.14. The van der Waals surface area contributed by atoms with E-state index in [1.165, 1.54) is 17.0 Å². The molecule has 1 saturated heterocycles. The van der Waals surface area contributed by atoms with Crippen LogP contribution in [0.4, 0.5) is 5.13 Å². The highest BCUT2D eigenvalue weighted by Crippen LogP contribution is 2.32. The van der Waals surface area contributed by atoms with Gasteiger partial charge in [-0.25, -0.2) is 4.98 Å². The number of thiazole rings is 1. The van der Waals surface area contributed by atoms with Crippen molar-refractivity contribution in [3.63, 3.8) is 0 Å². The summed E-state index contributed by atoms with van der Waals surface area (Å²) >= 11 is 8.12. The molecule has 0 amide bonds. The Morgan fingerprint density at radius 2 is 1.85 bits per heavy atom. The molecule has 1 fully saturated rings. The van der Waals surface area contributed by atoms with Gasteiger partial charge in [-0.3, -0.25) is 0 Å². The summed E-state index contributed by atoms with van der Waals surface area (Å²) in [6.45, 7) is 9.41. The largest absolute Gasteiger partial charge is 0.346 e. The Bertz CT molecular complexity index is 938. The zero-order valence-electron chi connectivity index (χ0n) is 16.1. The van der Waals surface area contributed by atoms with Gasteiger partial charge in [0, 0.05) is 60.1 Å². The van der Waals surface area contributed by atoms with Gasteiger partial charge in [0.1, 0.15) is 0 Å². The van der Waals surface area contributed by atoms with E-state index in [0.29, 0.717) is 0 Å². The summed E-state index contributed by atoms with van der Waals surface area (Å²) in [7, 11) is 2.18. The van der Waals surface area contributed by atoms with Crippen molar-refractivity contribution in [2.24, 2.45) is 0 Å². The van der Waals surface area contributed by atoms with Gasteiger partial charge in [0.05, 0.1) is 5.69 Å². The van der Waals surface area contributed by atoms with Crippen molar-refractivity contribution in [1.82, 2.24) is 14.5 Å². The van der Waals surface area contributed by atoms with Gasteiger partial charge in [-0.05, 0) is 38.6 Å². The minimum Gasteiger partial charge on any atom is -0.346 e. The third-order valence-electron chi connectivity index (χ3n) is 5.40. The van der Waals surface area contributed by atoms with Gasteiger partial charge in [0.15, 0.2) is 5.13 Å². The van der Waals surface area contributed by atoms with E-state index < -0.39 is 0 Å². The quantitative estimate of drug-likeness (QED) is 0.635. The summed E-state index contributed by atoms with van der Waals surface area (Å²) < 4.78 is 2.32. The molecular weight excluding hydrogens is 376 g/mol. The standard InChI is InChI=1S/C21H25ClN4S/c1-15-12-18(16(2)26(15)13-17-6-4-5-7-19(17)22)20-14-27-21(23-20)25-10-8-24(3)9-11-25/h4-7,12,14H,8-11,13H2,1-3H3. The van der Waals surface area contributed by atoms with Gasteiger partial charge in [0.2, 0.25) is 0 Å². The smallest absolute Gasteiger partial charge is 0.185 e. The number of aromatic nitrogens is 2. The second-order valence-electron chi connectivity index (χ2n) is 7.27. The van der Waals surface area contributed by atoms with Crippen molar-refractivity contribution in [1.29, 1.82) is 0 Å². The highest BCUT2D eigenvalue weighted by Gasteiger charge is 2.19. The van der Waals surface area contributed by atoms with E-state index in [-0.39, 0.29) is 0 Å². The number of halogens is 1. The molecule has 0 atom stereocenters. The molecule has 0 unspecified atom stereocenters. The van der Waals surface area contributed by atoms with Crippen molar-refractivity contribution in [3.8, 4) is 11.3 Å². The minimum absolute atomic E-state index is 0.785. The van der Waals surface area contributed by atoms with Crippen molar-refractivity contribution in [2.45, 2.75) is 20.4 Å². The molecule has 6 heteroatoms. The monoisotopic (exact) mass is 400 g/mol. The van der Waals surface area contributed by atoms with Crippen LogP contribution in [0.5, 0.6) is 0 Å². The predicted molar refractivity (Wildman–Crippen MR) is 115 cm³/mol.